The topological polar surface area (TPSA) is 101 Å². The number of rotatable bonds is 3. The molecule has 20 heavy (non-hydrogen) atoms. The molecule has 0 spiro atoms. The largest absolute Gasteiger partial charge is 0.508 e. The Bertz CT molecular complexity index is 695. The average molecular weight is 319 g/mol. The van der Waals surface area contributed by atoms with Crippen molar-refractivity contribution in [2.24, 2.45) is 0 Å². The second-order valence-electron chi connectivity index (χ2n) is 4.95. The first-order valence-corrected chi connectivity index (χ1v) is 9.59. The van der Waals surface area contributed by atoms with Crippen LogP contribution in [0.5, 0.6) is 5.75 Å². The van der Waals surface area contributed by atoms with E-state index >= 15 is 0 Å². The van der Waals surface area contributed by atoms with Crippen LogP contribution in [0.2, 0.25) is 0 Å². The zero-order valence-electron chi connectivity index (χ0n) is 11.0. The summed E-state index contributed by atoms with van der Waals surface area (Å²) in [7, 11) is -6.75. The molecule has 0 aromatic heterocycles. The van der Waals surface area contributed by atoms with Crippen molar-refractivity contribution in [1.82, 2.24) is 0 Å². The summed E-state index contributed by atoms with van der Waals surface area (Å²) < 4.78 is 49.6. The molecule has 0 amide bonds. The number of phenols is 1. The number of sulfone groups is 1. The lowest BCUT2D eigenvalue weighted by atomic mass is 10.2. The van der Waals surface area contributed by atoms with Crippen LogP contribution in [0.1, 0.15) is 18.4 Å². The standard InChI is InChI=1S/C12H17NO5S2/c1-9-11(3-2-4-12(9)14)13-20(17,18)10-5-7-19(15,16)8-6-10/h2-4,10,13-14H,5-8H2,1H3. The van der Waals surface area contributed by atoms with Crippen molar-refractivity contribution < 1.29 is 21.9 Å². The number of benzene rings is 1. The Morgan fingerprint density at radius 3 is 2.45 bits per heavy atom. The third-order valence-electron chi connectivity index (χ3n) is 3.50. The zero-order valence-corrected chi connectivity index (χ0v) is 12.7. The summed E-state index contributed by atoms with van der Waals surface area (Å²) in [6.45, 7) is 1.61. The molecule has 1 fully saturated rings. The van der Waals surface area contributed by atoms with E-state index in [0.717, 1.165) is 0 Å². The molecular weight excluding hydrogens is 302 g/mol. The second-order valence-corrected chi connectivity index (χ2v) is 9.21. The molecule has 1 heterocycles. The molecule has 0 bridgehead atoms. The van der Waals surface area contributed by atoms with Crippen LogP contribution < -0.4 is 4.72 Å². The van der Waals surface area contributed by atoms with Crippen LogP contribution in [0.3, 0.4) is 0 Å². The van der Waals surface area contributed by atoms with Gasteiger partial charge in [0.15, 0.2) is 0 Å². The number of nitrogens with one attached hydrogen (secondary N) is 1. The van der Waals surface area contributed by atoms with Gasteiger partial charge in [0, 0.05) is 5.56 Å². The van der Waals surface area contributed by atoms with Crippen LogP contribution in [-0.4, -0.2) is 38.7 Å². The van der Waals surface area contributed by atoms with Gasteiger partial charge in [0.1, 0.15) is 15.6 Å². The predicted molar refractivity (Wildman–Crippen MR) is 77.1 cm³/mol. The van der Waals surface area contributed by atoms with Gasteiger partial charge in [-0.05, 0) is 31.9 Å². The van der Waals surface area contributed by atoms with Crippen molar-refractivity contribution in [2.45, 2.75) is 25.0 Å². The van der Waals surface area contributed by atoms with E-state index in [2.05, 4.69) is 4.72 Å². The highest BCUT2D eigenvalue weighted by atomic mass is 32.2. The highest BCUT2D eigenvalue weighted by molar-refractivity contribution is 7.94. The van der Waals surface area contributed by atoms with Crippen LogP contribution in [0.15, 0.2) is 18.2 Å². The molecular formula is C12H17NO5S2. The fraction of sp³-hybridized carbons (Fsp3) is 0.500. The fourth-order valence-corrected chi connectivity index (χ4v) is 5.49. The molecule has 0 aliphatic carbocycles. The first-order chi connectivity index (χ1) is 9.21. The summed E-state index contributed by atoms with van der Waals surface area (Å²) >= 11 is 0. The molecule has 6 nitrogen and oxygen atoms in total. The van der Waals surface area contributed by atoms with Crippen molar-refractivity contribution in [3.05, 3.63) is 23.8 Å². The van der Waals surface area contributed by atoms with E-state index in [1.165, 1.54) is 6.07 Å². The molecule has 2 rings (SSSR count). The fourth-order valence-electron chi connectivity index (χ4n) is 2.15. The molecule has 1 aromatic carbocycles. The molecule has 0 unspecified atom stereocenters. The minimum absolute atomic E-state index is 0.0106. The van der Waals surface area contributed by atoms with Crippen LogP contribution in [-0.2, 0) is 19.9 Å². The quantitative estimate of drug-likeness (QED) is 0.866. The van der Waals surface area contributed by atoms with Gasteiger partial charge >= 0.3 is 0 Å². The summed E-state index contributed by atoms with van der Waals surface area (Å²) in [5.41, 5.74) is 0.762. The Balaban J connectivity index is 2.18. The molecule has 8 heteroatoms. The van der Waals surface area contributed by atoms with Gasteiger partial charge in [-0.2, -0.15) is 0 Å². The van der Waals surface area contributed by atoms with E-state index in [9.17, 15) is 21.9 Å². The van der Waals surface area contributed by atoms with Gasteiger partial charge in [-0.3, -0.25) is 4.72 Å². The maximum absolute atomic E-state index is 12.2. The van der Waals surface area contributed by atoms with E-state index in [1.54, 1.807) is 19.1 Å². The zero-order chi connectivity index (χ0) is 15.0. The van der Waals surface area contributed by atoms with Gasteiger partial charge in [0.2, 0.25) is 10.0 Å². The molecule has 0 radical (unpaired) electrons. The Morgan fingerprint density at radius 2 is 1.85 bits per heavy atom. The SMILES string of the molecule is Cc1c(O)cccc1NS(=O)(=O)C1CCS(=O)(=O)CC1. The number of anilines is 1. The highest BCUT2D eigenvalue weighted by Crippen LogP contribution is 2.27. The predicted octanol–water partition coefficient (Wildman–Crippen LogP) is 1.02. The van der Waals surface area contributed by atoms with Crippen molar-refractivity contribution in [2.75, 3.05) is 16.2 Å². The van der Waals surface area contributed by atoms with Crippen molar-refractivity contribution in [3.63, 3.8) is 0 Å². The van der Waals surface area contributed by atoms with Crippen LogP contribution in [0.4, 0.5) is 5.69 Å². The maximum Gasteiger partial charge on any atom is 0.235 e. The molecule has 2 N–H and O–H groups in total. The minimum atomic E-state index is -3.65. The second kappa shape index (κ2) is 5.25. The number of sulfonamides is 1. The third-order valence-corrected chi connectivity index (χ3v) is 7.07. The molecule has 1 aromatic rings. The first-order valence-electron chi connectivity index (χ1n) is 6.22. The Labute approximate surface area is 118 Å². The van der Waals surface area contributed by atoms with Crippen molar-refractivity contribution in [3.8, 4) is 5.75 Å². The van der Waals surface area contributed by atoms with E-state index in [1.807, 2.05) is 0 Å². The molecule has 1 aliphatic heterocycles. The summed E-state index contributed by atoms with van der Waals surface area (Å²) in [4.78, 5) is 0. The smallest absolute Gasteiger partial charge is 0.235 e. The molecule has 1 saturated heterocycles. The number of phenolic OH excluding ortho intramolecular Hbond substituents is 1. The normalized spacial score (nSPS) is 19.6. The molecule has 0 atom stereocenters. The first kappa shape index (κ1) is 15.1. The van der Waals surface area contributed by atoms with Crippen LogP contribution >= 0.6 is 0 Å². The minimum Gasteiger partial charge on any atom is -0.508 e. The Kier molecular flexibility index (Phi) is 3.97. The number of hydrogen-bond acceptors (Lipinski definition) is 5. The maximum atomic E-state index is 12.2. The lowest BCUT2D eigenvalue weighted by Crippen LogP contribution is -2.36. The number of hydrogen-bond donors (Lipinski definition) is 2. The molecule has 112 valence electrons. The summed E-state index contributed by atoms with van der Waals surface area (Å²) in [6.07, 6.45) is 0.213. The van der Waals surface area contributed by atoms with Crippen molar-refractivity contribution in [1.29, 1.82) is 0 Å². The average Bonchev–Trinajstić information content (AvgIpc) is 2.34. The monoisotopic (exact) mass is 319 g/mol. The highest BCUT2D eigenvalue weighted by Gasteiger charge is 2.33. The number of aromatic hydroxyl groups is 1. The van der Waals surface area contributed by atoms with E-state index in [-0.39, 0.29) is 30.1 Å². The van der Waals surface area contributed by atoms with E-state index in [0.29, 0.717) is 11.3 Å². The lowest BCUT2D eigenvalue weighted by Gasteiger charge is -2.23. The molecule has 1 aliphatic rings. The molecule has 0 saturated carbocycles. The van der Waals surface area contributed by atoms with Gasteiger partial charge in [-0.25, -0.2) is 16.8 Å². The third kappa shape index (κ3) is 3.24. The Morgan fingerprint density at radius 1 is 1.25 bits per heavy atom. The van der Waals surface area contributed by atoms with E-state index < -0.39 is 25.1 Å². The van der Waals surface area contributed by atoms with Gasteiger partial charge in [-0.15, -0.1) is 0 Å². The van der Waals surface area contributed by atoms with Gasteiger partial charge in [0.25, 0.3) is 0 Å². The van der Waals surface area contributed by atoms with Gasteiger partial charge in [-0.1, -0.05) is 6.07 Å². The van der Waals surface area contributed by atoms with Crippen LogP contribution in [0, 0.1) is 6.92 Å². The Hall–Kier alpha value is -1.28. The summed E-state index contributed by atoms with van der Waals surface area (Å²) in [6, 6.07) is 4.58. The van der Waals surface area contributed by atoms with Crippen LogP contribution in [0.25, 0.3) is 0 Å². The summed E-state index contributed by atoms with van der Waals surface area (Å²) in [5.74, 6) is -0.189. The van der Waals surface area contributed by atoms with E-state index in [4.69, 9.17) is 0 Å². The summed E-state index contributed by atoms with van der Waals surface area (Å²) in [5, 5.41) is 8.85. The van der Waals surface area contributed by atoms with Gasteiger partial charge < -0.3 is 5.11 Å². The van der Waals surface area contributed by atoms with Gasteiger partial charge in [0.05, 0.1) is 22.4 Å². The van der Waals surface area contributed by atoms with Crippen molar-refractivity contribution >= 4 is 25.5 Å². The lowest BCUT2D eigenvalue weighted by molar-refractivity contribution is 0.471.